The van der Waals surface area contributed by atoms with Gasteiger partial charge in [0.2, 0.25) is 0 Å². The molecule has 2 aromatic carbocycles. The van der Waals surface area contributed by atoms with Crippen LogP contribution < -0.4 is 10.9 Å². The van der Waals surface area contributed by atoms with E-state index >= 15 is 0 Å². The van der Waals surface area contributed by atoms with Gasteiger partial charge in [-0.1, -0.05) is 29.8 Å². The highest BCUT2D eigenvalue weighted by molar-refractivity contribution is 5.95. The van der Waals surface area contributed by atoms with E-state index in [0.29, 0.717) is 6.54 Å². The Morgan fingerprint density at radius 3 is 2.24 bits per heavy atom. The molecule has 0 saturated carbocycles. The standard InChI is InChI=1S/C19H22FN3O2/c1-13-4-6-15(7-5-13)12-23(3)14(2)18(24)21-22-19(25)16-8-10-17(20)11-9-16/h4-11,14H,12H2,1-3H3,(H,21,24)(H,22,25). The number of aryl methyl sites for hydroxylation is 1. The Bertz CT molecular complexity index is 729. The Morgan fingerprint density at radius 1 is 1.04 bits per heavy atom. The zero-order valence-electron chi connectivity index (χ0n) is 14.5. The van der Waals surface area contributed by atoms with Crippen molar-refractivity contribution < 1.29 is 14.0 Å². The number of carbonyl (C=O) groups is 2. The summed E-state index contributed by atoms with van der Waals surface area (Å²) in [7, 11) is 1.84. The number of nitrogens with zero attached hydrogens (tertiary/aromatic N) is 1. The maximum Gasteiger partial charge on any atom is 0.269 e. The summed E-state index contributed by atoms with van der Waals surface area (Å²) >= 11 is 0. The summed E-state index contributed by atoms with van der Waals surface area (Å²) in [5.41, 5.74) is 7.28. The first kappa shape index (κ1) is 18.6. The number of carbonyl (C=O) groups excluding carboxylic acids is 2. The third kappa shape index (κ3) is 5.39. The quantitative estimate of drug-likeness (QED) is 0.820. The van der Waals surface area contributed by atoms with Gasteiger partial charge in [0.1, 0.15) is 5.82 Å². The molecule has 0 aliphatic heterocycles. The van der Waals surface area contributed by atoms with Crippen molar-refractivity contribution in [1.29, 1.82) is 0 Å². The Balaban J connectivity index is 1.85. The van der Waals surface area contributed by atoms with Crippen molar-refractivity contribution in [3.8, 4) is 0 Å². The molecule has 25 heavy (non-hydrogen) atoms. The van der Waals surface area contributed by atoms with Crippen molar-refractivity contribution in [1.82, 2.24) is 15.8 Å². The fourth-order valence-electron chi connectivity index (χ4n) is 2.21. The first-order valence-corrected chi connectivity index (χ1v) is 7.98. The van der Waals surface area contributed by atoms with Crippen LogP contribution in [0.2, 0.25) is 0 Å². The van der Waals surface area contributed by atoms with Gasteiger partial charge in [-0.15, -0.1) is 0 Å². The van der Waals surface area contributed by atoms with Gasteiger partial charge in [-0.05, 0) is 50.7 Å². The molecule has 0 radical (unpaired) electrons. The lowest BCUT2D eigenvalue weighted by Gasteiger charge is -2.24. The minimum atomic E-state index is -0.498. The number of nitrogens with one attached hydrogen (secondary N) is 2. The zero-order valence-corrected chi connectivity index (χ0v) is 14.5. The summed E-state index contributed by atoms with van der Waals surface area (Å²) in [6, 6.07) is 12.7. The number of likely N-dealkylation sites (N-methyl/N-ethyl adjacent to an activating group) is 1. The van der Waals surface area contributed by atoms with Gasteiger partial charge in [0.15, 0.2) is 0 Å². The third-order valence-corrected chi connectivity index (χ3v) is 4.00. The van der Waals surface area contributed by atoms with E-state index in [1.54, 1.807) is 6.92 Å². The number of hydrogen-bond acceptors (Lipinski definition) is 3. The fraction of sp³-hybridized carbons (Fsp3) is 0.263. The van der Waals surface area contributed by atoms with Gasteiger partial charge in [-0.2, -0.15) is 0 Å². The number of rotatable bonds is 5. The van der Waals surface area contributed by atoms with Gasteiger partial charge in [-0.25, -0.2) is 4.39 Å². The summed E-state index contributed by atoms with van der Waals surface area (Å²) in [5, 5.41) is 0. The molecule has 0 aliphatic rings. The SMILES string of the molecule is Cc1ccc(CN(C)C(C)C(=O)NNC(=O)c2ccc(F)cc2)cc1. The molecule has 0 aromatic heterocycles. The molecular formula is C19H22FN3O2. The van der Waals surface area contributed by atoms with Crippen molar-refractivity contribution in [3.05, 3.63) is 71.0 Å². The Labute approximate surface area is 146 Å². The van der Waals surface area contributed by atoms with Crippen LogP contribution >= 0.6 is 0 Å². The summed E-state index contributed by atoms with van der Waals surface area (Å²) < 4.78 is 12.9. The van der Waals surface area contributed by atoms with Gasteiger partial charge in [0, 0.05) is 12.1 Å². The fourth-order valence-corrected chi connectivity index (χ4v) is 2.21. The molecule has 1 atom stereocenters. The third-order valence-electron chi connectivity index (χ3n) is 4.00. The normalized spacial score (nSPS) is 11.9. The van der Waals surface area contributed by atoms with Crippen molar-refractivity contribution in [2.24, 2.45) is 0 Å². The molecule has 0 heterocycles. The van der Waals surface area contributed by atoms with Crippen LogP contribution in [0.5, 0.6) is 0 Å². The average molecular weight is 343 g/mol. The first-order valence-electron chi connectivity index (χ1n) is 7.98. The molecule has 2 amide bonds. The van der Waals surface area contributed by atoms with E-state index in [1.807, 2.05) is 43.1 Å². The Morgan fingerprint density at radius 2 is 1.64 bits per heavy atom. The largest absolute Gasteiger partial charge is 0.291 e. The second kappa shape index (κ2) is 8.39. The lowest BCUT2D eigenvalue weighted by Crippen LogP contribution is -2.50. The number of halogens is 1. The van der Waals surface area contributed by atoms with Crippen LogP contribution in [0.15, 0.2) is 48.5 Å². The van der Waals surface area contributed by atoms with E-state index in [2.05, 4.69) is 10.9 Å². The minimum absolute atomic E-state index is 0.266. The van der Waals surface area contributed by atoms with Crippen molar-refractivity contribution >= 4 is 11.8 Å². The van der Waals surface area contributed by atoms with Gasteiger partial charge < -0.3 is 0 Å². The van der Waals surface area contributed by atoms with E-state index in [9.17, 15) is 14.0 Å². The molecule has 0 bridgehead atoms. The highest BCUT2D eigenvalue weighted by atomic mass is 19.1. The van der Waals surface area contributed by atoms with E-state index in [1.165, 1.54) is 29.8 Å². The molecule has 0 saturated heterocycles. The molecule has 1 unspecified atom stereocenters. The highest BCUT2D eigenvalue weighted by Crippen LogP contribution is 2.08. The van der Waals surface area contributed by atoms with Crippen molar-refractivity contribution in [2.45, 2.75) is 26.4 Å². The molecule has 2 aromatic rings. The topological polar surface area (TPSA) is 61.4 Å². The number of benzene rings is 2. The maximum absolute atomic E-state index is 12.9. The van der Waals surface area contributed by atoms with Crippen LogP contribution in [0.3, 0.4) is 0 Å². The second-order valence-electron chi connectivity index (χ2n) is 6.03. The first-order chi connectivity index (χ1) is 11.9. The van der Waals surface area contributed by atoms with Crippen LogP contribution in [0.25, 0.3) is 0 Å². The van der Waals surface area contributed by atoms with Crippen LogP contribution in [0, 0.1) is 12.7 Å². The molecule has 6 heteroatoms. The Kier molecular flexibility index (Phi) is 6.25. The maximum atomic E-state index is 12.9. The zero-order chi connectivity index (χ0) is 18.4. The number of hydrazine groups is 1. The minimum Gasteiger partial charge on any atom is -0.291 e. The molecule has 0 aliphatic carbocycles. The van der Waals surface area contributed by atoms with Gasteiger partial charge in [0.25, 0.3) is 11.8 Å². The molecule has 2 rings (SSSR count). The summed E-state index contributed by atoms with van der Waals surface area (Å²) in [4.78, 5) is 26.0. The van der Waals surface area contributed by atoms with Gasteiger partial charge >= 0.3 is 0 Å². The molecular weight excluding hydrogens is 321 g/mol. The van der Waals surface area contributed by atoms with Gasteiger partial charge in [0.05, 0.1) is 6.04 Å². The van der Waals surface area contributed by atoms with Crippen LogP contribution in [0.4, 0.5) is 4.39 Å². The summed E-state index contributed by atoms with van der Waals surface area (Å²) in [6.07, 6.45) is 0. The molecule has 2 N–H and O–H groups in total. The van der Waals surface area contributed by atoms with Crippen LogP contribution in [-0.4, -0.2) is 29.8 Å². The highest BCUT2D eigenvalue weighted by Gasteiger charge is 2.19. The molecule has 0 fully saturated rings. The molecule has 132 valence electrons. The van der Waals surface area contributed by atoms with E-state index in [0.717, 1.165) is 5.56 Å². The van der Waals surface area contributed by atoms with Gasteiger partial charge in [-0.3, -0.25) is 25.3 Å². The summed E-state index contributed by atoms with van der Waals surface area (Å²) in [6.45, 7) is 4.39. The molecule has 0 spiro atoms. The lowest BCUT2D eigenvalue weighted by molar-refractivity contribution is -0.126. The number of amides is 2. The predicted octanol–water partition coefficient (Wildman–Crippen LogP) is 2.42. The molecule has 5 nitrogen and oxygen atoms in total. The van der Waals surface area contributed by atoms with Crippen molar-refractivity contribution in [3.63, 3.8) is 0 Å². The van der Waals surface area contributed by atoms with Crippen molar-refractivity contribution in [2.75, 3.05) is 7.05 Å². The Hall–Kier alpha value is -2.73. The lowest BCUT2D eigenvalue weighted by atomic mass is 10.1. The number of hydrogen-bond donors (Lipinski definition) is 2. The van der Waals surface area contributed by atoms with Crippen LogP contribution in [-0.2, 0) is 11.3 Å². The van der Waals surface area contributed by atoms with E-state index in [-0.39, 0.29) is 11.5 Å². The smallest absolute Gasteiger partial charge is 0.269 e. The predicted molar refractivity (Wildman–Crippen MR) is 94.1 cm³/mol. The monoisotopic (exact) mass is 343 g/mol. The van der Waals surface area contributed by atoms with Crippen LogP contribution in [0.1, 0.15) is 28.4 Å². The average Bonchev–Trinajstić information content (AvgIpc) is 2.61. The van der Waals surface area contributed by atoms with E-state index < -0.39 is 17.8 Å². The second-order valence-corrected chi connectivity index (χ2v) is 6.03. The summed E-state index contributed by atoms with van der Waals surface area (Å²) in [5.74, 6) is -1.25. The van der Waals surface area contributed by atoms with E-state index in [4.69, 9.17) is 0 Å².